The van der Waals surface area contributed by atoms with Gasteiger partial charge in [0.2, 0.25) is 0 Å². The third-order valence-electron chi connectivity index (χ3n) is 6.56. The number of ether oxygens (including phenoxy) is 4. The molecule has 8 nitrogen and oxygen atoms in total. The molecule has 0 bridgehead atoms. The van der Waals surface area contributed by atoms with Gasteiger partial charge in [0.1, 0.15) is 11.8 Å². The van der Waals surface area contributed by atoms with Gasteiger partial charge in [-0.05, 0) is 48.9 Å². The van der Waals surface area contributed by atoms with Gasteiger partial charge in [-0.3, -0.25) is 9.36 Å². The summed E-state index contributed by atoms with van der Waals surface area (Å²) in [6.07, 6.45) is 1.58. The number of nitrogens with zero attached hydrogens (tertiary/aromatic N) is 2. The van der Waals surface area contributed by atoms with Gasteiger partial charge in [0.25, 0.3) is 5.56 Å². The molecule has 0 fully saturated rings. The van der Waals surface area contributed by atoms with Crippen molar-refractivity contribution >= 4 is 40.7 Å². The zero-order valence-corrected chi connectivity index (χ0v) is 24.7. The third-order valence-corrected chi connectivity index (χ3v) is 7.78. The predicted molar refractivity (Wildman–Crippen MR) is 159 cm³/mol. The van der Waals surface area contributed by atoms with Crippen molar-refractivity contribution in [3.05, 3.63) is 114 Å². The first-order valence-electron chi connectivity index (χ1n) is 13.0. The van der Waals surface area contributed by atoms with Crippen LogP contribution in [-0.4, -0.2) is 38.0 Å². The summed E-state index contributed by atoms with van der Waals surface area (Å²) < 4.78 is 48.2. The molecule has 1 aliphatic heterocycles. The smallest absolute Gasteiger partial charge is 0.387 e. The number of alkyl halides is 2. The Labute approximate surface area is 253 Å². The summed E-state index contributed by atoms with van der Waals surface area (Å²) in [4.78, 5) is 32.9. The summed E-state index contributed by atoms with van der Waals surface area (Å²) in [5, 5.41) is 0.373. The fraction of sp³-hybridized carbons (Fsp3) is 0.194. The molecule has 1 atom stereocenters. The molecular formula is C31H25ClF2N2O6S. The van der Waals surface area contributed by atoms with Crippen LogP contribution in [0.5, 0.6) is 17.2 Å². The molecule has 0 aliphatic carbocycles. The molecule has 1 aliphatic rings. The van der Waals surface area contributed by atoms with Crippen molar-refractivity contribution in [2.45, 2.75) is 19.6 Å². The zero-order valence-electron chi connectivity index (χ0n) is 23.2. The van der Waals surface area contributed by atoms with Gasteiger partial charge in [-0.15, -0.1) is 0 Å². The van der Waals surface area contributed by atoms with E-state index in [0.29, 0.717) is 38.0 Å². The summed E-state index contributed by atoms with van der Waals surface area (Å²) in [5.74, 6) is -0.319. The molecule has 5 rings (SSSR count). The van der Waals surface area contributed by atoms with Gasteiger partial charge in [0.05, 0.1) is 36.6 Å². The van der Waals surface area contributed by atoms with E-state index in [2.05, 4.69) is 4.74 Å². The molecule has 0 spiro atoms. The van der Waals surface area contributed by atoms with E-state index < -0.39 is 24.2 Å². The second-order valence-corrected chi connectivity index (χ2v) is 10.6. The minimum absolute atomic E-state index is 0.0688. The summed E-state index contributed by atoms with van der Waals surface area (Å²) in [6.45, 7) is -1.24. The topological polar surface area (TPSA) is 88.4 Å². The van der Waals surface area contributed by atoms with E-state index in [0.717, 1.165) is 11.3 Å². The summed E-state index contributed by atoms with van der Waals surface area (Å²) in [5.41, 5.74) is 1.64. The molecule has 43 heavy (non-hydrogen) atoms. The monoisotopic (exact) mass is 626 g/mol. The SMILES string of the molecule is CCOC(=O)C1=C(c2ccccc2)N=c2s/c(=C\c3ccc(OC(F)F)c(OC)c3)c(=O)n2[C@@H]1c1cc(Cl)ccc1OC. The van der Waals surface area contributed by atoms with Crippen molar-refractivity contribution in [1.29, 1.82) is 0 Å². The highest BCUT2D eigenvalue weighted by Crippen LogP contribution is 2.40. The Morgan fingerprint density at radius 3 is 2.44 bits per heavy atom. The molecule has 3 aromatic carbocycles. The van der Waals surface area contributed by atoms with E-state index in [-0.39, 0.29) is 28.2 Å². The second-order valence-electron chi connectivity index (χ2n) is 9.11. The number of hydrogen-bond acceptors (Lipinski definition) is 8. The Morgan fingerprint density at radius 2 is 1.77 bits per heavy atom. The van der Waals surface area contributed by atoms with Crippen molar-refractivity contribution < 1.29 is 32.5 Å². The van der Waals surface area contributed by atoms with Crippen molar-refractivity contribution in [1.82, 2.24) is 4.57 Å². The molecule has 0 saturated carbocycles. The van der Waals surface area contributed by atoms with Crippen molar-refractivity contribution in [2.75, 3.05) is 20.8 Å². The predicted octanol–water partition coefficient (Wildman–Crippen LogP) is 5.21. The molecule has 2 heterocycles. The van der Waals surface area contributed by atoms with Gasteiger partial charge in [0.15, 0.2) is 16.3 Å². The lowest BCUT2D eigenvalue weighted by atomic mass is 9.92. The molecule has 0 amide bonds. The van der Waals surface area contributed by atoms with Crippen LogP contribution in [0.3, 0.4) is 0 Å². The number of carbonyl (C=O) groups excluding carboxylic acids is 1. The lowest BCUT2D eigenvalue weighted by molar-refractivity contribution is -0.138. The van der Waals surface area contributed by atoms with Crippen LogP contribution in [-0.2, 0) is 9.53 Å². The van der Waals surface area contributed by atoms with E-state index in [4.69, 9.17) is 30.8 Å². The second kappa shape index (κ2) is 12.8. The van der Waals surface area contributed by atoms with Crippen LogP contribution in [0.15, 0.2) is 82.1 Å². The lowest BCUT2D eigenvalue weighted by Crippen LogP contribution is -2.40. The Bertz CT molecular complexity index is 1890. The molecule has 4 aromatic rings. The van der Waals surface area contributed by atoms with Crippen LogP contribution in [0, 0.1) is 0 Å². The number of benzene rings is 3. The highest BCUT2D eigenvalue weighted by atomic mass is 35.5. The first-order chi connectivity index (χ1) is 20.7. The number of rotatable bonds is 9. The number of aromatic nitrogens is 1. The highest BCUT2D eigenvalue weighted by molar-refractivity contribution is 7.07. The number of halogens is 3. The fourth-order valence-corrected chi connectivity index (χ4v) is 5.95. The minimum atomic E-state index is -3.03. The molecule has 0 radical (unpaired) electrons. The van der Waals surface area contributed by atoms with Crippen LogP contribution in [0.2, 0.25) is 5.02 Å². The minimum Gasteiger partial charge on any atom is -0.496 e. The quantitative estimate of drug-likeness (QED) is 0.237. The van der Waals surface area contributed by atoms with Gasteiger partial charge < -0.3 is 18.9 Å². The third kappa shape index (κ3) is 6.04. The standard InChI is InChI=1S/C31H25ClF2N2O6S/c1-4-41-29(38)25-26(18-8-6-5-7-9-18)35-31-36(27(25)20-16-19(32)11-13-21(20)39-2)28(37)24(43-31)15-17-10-12-22(42-30(33)34)23(14-17)40-3/h5-16,27,30H,4H2,1-3H3/b24-15-/t27-/m1/s1. The van der Waals surface area contributed by atoms with Crippen molar-refractivity contribution in [3.63, 3.8) is 0 Å². The molecule has 222 valence electrons. The Balaban J connectivity index is 1.80. The number of esters is 1. The van der Waals surface area contributed by atoms with Crippen LogP contribution in [0.1, 0.15) is 29.7 Å². The van der Waals surface area contributed by atoms with Crippen LogP contribution in [0.4, 0.5) is 8.78 Å². The van der Waals surface area contributed by atoms with Gasteiger partial charge in [-0.25, -0.2) is 9.79 Å². The zero-order chi connectivity index (χ0) is 30.7. The fourth-order valence-electron chi connectivity index (χ4n) is 4.77. The number of hydrogen-bond donors (Lipinski definition) is 0. The summed E-state index contributed by atoms with van der Waals surface area (Å²) in [7, 11) is 2.81. The largest absolute Gasteiger partial charge is 0.496 e. The number of carbonyl (C=O) groups is 1. The molecule has 0 unspecified atom stereocenters. The van der Waals surface area contributed by atoms with E-state index in [1.807, 2.05) is 30.3 Å². The average molecular weight is 627 g/mol. The Morgan fingerprint density at radius 1 is 1.05 bits per heavy atom. The van der Waals surface area contributed by atoms with Crippen molar-refractivity contribution in [3.8, 4) is 17.2 Å². The number of methoxy groups -OCH3 is 2. The molecule has 0 saturated heterocycles. The molecule has 0 N–H and O–H groups in total. The van der Waals surface area contributed by atoms with E-state index in [9.17, 15) is 18.4 Å². The first kappa shape index (κ1) is 30.0. The van der Waals surface area contributed by atoms with E-state index in [1.54, 1.807) is 31.2 Å². The molecular weight excluding hydrogens is 602 g/mol. The van der Waals surface area contributed by atoms with Gasteiger partial charge >= 0.3 is 12.6 Å². The maximum absolute atomic E-state index is 14.1. The molecule has 12 heteroatoms. The Kier molecular flexibility index (Phi) is 8.93. The first-order valence-corrected chi connectivity index (χ1v) is 14.2. The number of fused-ring (bicyclic) bond motifs is 1. The lowest BCUT2D eigenvalue weighted by Gasteiger charge is -2.27. The van der Waals surface area contributed by atoms with Crippen LogP contribution < -0.4 is 29.1 Å². The Hall–Kier alpha value is -4.48. The maximum atomic E-state index is 14.1. The summed E-state index contributed by atoms with van der Waals surface area (Å²) in [6, 6.07) is 17.4. The van der Waals surface area contributed by atoms with Crippen LogP contribution >= 0.6 is 22.9 Å². The number of thiazole rings is 1. The average Bonchev–Trinajstić information content (AvgIpc) is 3.31. The highest BCUT2D eigenvalue weighted by Gasteiger charge is 2.37. The normalized spacial score (nSPS) is 14.8. The van der Waals surface area contributed by atoms with Gasteiger partial charge in [0, 0.05) is 16.1 Å². The van der Waals surface area contributed by atoms with Crippen molar-refractivity contribution in [2.24, 2.45) is 4.99 Å². The van der Waals surface area contributed by atoms with Crippen LogP contribution in [0.25, 0.3) is 11.8 Å². The summed E-state index contributed by atoms with van der Waals surface area (Å²) >= 11 is 7.52. The van der Waals surface area contributed by atoms with E-state index >= 15 is 0 Å². The van der Waals surface area contributed by atoms with Gasteiger partial charge in [-0.1, -0.05) is 59.3 Å². The van der Waals surface area contributed by atoms with Gasteiger partial charge in [-0.2, -0.15) is 8.78 Å². The maximum Gasteiger partial charge on any atom is 0.387 e. The molecule has 1 aromatic heterocycles. The van der Waals surface area contributed by atoms with E-state index in [1.165, 1.54) is 37.0 Å².